The van der Waals surface area contributed by atoms with E-state index in [2.05, 4.69) is 0 Å². The van der Waals surface area contributed by atoms with Crippen molar-refractivity contribution in [3.05, 3.63) is 31.4 Å². The fourth-order valence-corrected chi connectivity index (χ4v) is 5.37. The van der Waals surface area contributed by atoms with Crippen LogP contribution in [0, 0.1) is 29.9 Å². The number of nitro groups is 1. The van der Waals surface area contributed by atoms with E-state index in [9.17, 15) is 19.7 Å². The number of carbonyl (C=O) groups excluding carboxylic acids is 2. The summed E-state index contributed by atoms with van der Waals surface area (Å²) >= 11 is 1.96. The van der Waals surface area contributed by atoms with Crippen LogP contribution in [0.15, 0.2) is 12.1 Å². The number of hydrogen-bond acceptors (Lipinski definition) is 7. The van der Waals surface area contributed by atoms with Gasteiger partial charge in [0.1, 0.15) is 11.9 Å². The Balaban J connectivity index is 2.09. The van der Waals surface area contributed by atoms with Gasteiger partial charge in [-0.2, -0.15) is 0 Å². The summed E-state index contributed by atoms with van der Waals surface area (Å²) in [6, 6.07) is 2.96. The van der Waals surface area contributed by atoms with Crippen molar-refractivity contribution in [2.45, 2.75) is 66.1 Å². The molecule has 3 atom stereocenters. The molecule has 2 bridgehead atoms. The molecule has 1 aliphatic heterocycles. The quantitative estimate of drug-likeness (QED) is 0.223. The van der Waals surface area contributed by atoms with Crippen LogP contribution in [0.5, 0.6) is 5.75 Å². The van der Waals surface area contributed by atoms with E-state index in [4.69, 9.17) is 14.2 Å². The zero-order chi connectivity index (χ0) is 23.6. The van der Waals surface area contributed by atoms with Gasteiger partial charge in [-0.15, -0.1) is 0 Å². The van der Waals surface area contributed by atoms with E-state index in [1.54, 1.807) is 6.07 Å². The number of methoxy groups -OCH3 is 1. The molecule has 0 radical (unpaired) electrons. The number of rotatable bonds is 5. The predicted molar refractivity (Wildman–Crippen MR) is 121 cm³/mol. The van der Waals surface area contributed by atoms with Crippen LogP contribution in [0.1, 0.15) is 66.1 Å². The maximum atomic E-state index is 13.6. The van der Waals surface area contributed by atoms with Gasteiger partial charge in [-0.3, -0.25) is 14.9 Å². The van der Waals surface area contributed by atoms with Crippen LogP contribution in [0.3, 0.4) is 0 Å². The third kappa shape index (κ3) is 3.30. The summed E-state index contributed by atoms with van der Waals surface area (Å²) in [5.74, 6) is -0.625. The predicted octanol–water partition coefficient (Wildman–Crippen LogP) is 4.96. The topological polar surface area (TPSA) is 105 Å². The highest BCUT2D eigenvalue weighted by atomic mass is 127. The highest BCUT2D eigenvalue weighted by Crippen LogP contribution is 2.66. The third-order valence-electron chi connectivity index (χ3n) is 7.21. The minimum absolute atomic E-state index is 0.158. The Morgan fingerprint density at radius 1 is 1.26 bits per heavy atom. The number of ether oxygens (including phenoxy) is 3. The summed E-state index contributed by atoms with van der Waals surface area (Å²) < 4.78 is 17.6. The zero-order valence-corrected chi connectivity index (χ0v) is 21.0. The van der Waals surface area contributed by atoms with E-state index in [0.717, 1.165) is 0 Å². The lowest BCUT2D eigenvalue weighted by atomic mass is 9.66. The lowest BCUT2D eigenvalue weighted by Gasteiger charge is -2.38. The van der Waals surface area contributed by atoms with Crippen molar-refractivity contribution < 1.29 is 28.7 Å². The number of fused-ring (bicyclic) bond motifs is 2. The fraction of sp³-hybridized carbons (Fsp3) is 0.636. The first-order chi connectivity index (χ1) is 14.1. The number of nitrogens with zero attached hydrogens (tertiary/aromatic N) is 1. The van der Waals surface area contributed by atoms with Gasteiger partial charge in [-0.25, -0.2) is 4.79 Å². The first kappa shape index (κ1) is 23.7. The molecule has 0 spiro atoms. The minimum atomic E-state index is -1.41. The maximum absolute atomic E-state index is 13.6. The molecule has 0 N–H and O–H groups in total. The normalized spacial score (nSPS) is 27.5. The van der Waals surface area contributed by atoms with Crippen LogP contribution in [-0.2, 0) is 19.1 Å². The van der Waals surface area contributed by atoms with Gasteiger partial charge in [0.15, 0.2) is 0 Å². The van der Waals surface area contributed by atoms with Crippen LogP contribution < -0.4 is 4.74 Å². The molecule has 1 heterocycles. The Hall–Kier alpha value is -1.91. The second-order valence-corrected chi connectivity index (χ2v) is 11.3. The molecule has 8 nitrogen and oxygen atoms in total. The molecule has 2 aliphatic rings. The number of benzene rings is 1. The van der Waals surface area contributed by atoms with Gasteiger partial charge in [0.05, 0.1) is 26.6 Å². The number of hydrogen-bond donors (Lipinski definition) is 0. The van der Waals surface area contributed by atoms with Crippen LogP contribution in [-0.4, -0.2) is 29.6 Å². The smallest absolute Gasteiger partial charge is 0.351 e. The molecule has 0 amide bonds. The molecule has 1 saturated carbocycles. The first-order valence-electron chi connectivity index (χ1n) is 10.1. The lowest BCUT2D eigenvalue weighted by molar-refractivity contribution is -0.386. The summed E-state index contributed by atoms with van der Waals surface area (Å²) in [7, 11) is 1.48. The number of esters is 2. The minimum Gasteiger partial charge on any atom is -0.496 e. The molecule has 1 aliphatic carbocycles. The standard InChI is InChI=1S/C22H28INO7/c1-19(2,3)16(12-10-15(29-7)13(23)11-14(12)24(27)28)30-18(26)22-9-8-21(6,17(25)31-22)20(22,4)5/h10-11,16H,8-9H2,1-7H3/t16-,21?,22+/m0/s1. The van der Waals surface area contributed by atoms with Crippen LogP contribution in [0.2, 0.25) is 0 Å². The summed E-state index contributed by atoms with van der Waals surface area (Å²) in [6.07, 6.45) is -0.0792. The summed E-state index contributed by atoms with van der Waals surface area (Å²) in [4.78, 5) is 37.4. The van der Waals surface area contributed by atoms with Gasteiger partial charge in [-0.1, -0.05) is 34.6 Å². The molecule has 2 fully saturated rings. The highest BCUT2D eigenvalue weighted by molar-refractivity contribution is 14.1. The second kappa shape index (κ2) is 7.31. The second-order valence-electron chi connectivity index (χ2n) is 10.1. The fourth-order valence-electron chi connectivity index (χ4n) is 4.69. The molecule has 31 heavy (non-hydrogen) atoms. The van der Waals surface area contributed by atoms with Gasteiger partial charge in [0, 0.05) is 16.9 Å². The zero-order valence-electron chi connectivity index (χ0n) is 18.8. The van der Waals surface area contributed by atoms with Gasteiger partial charge in [0.25, 0.3) is 5.69 Å². The number of carbonyl (C=O) groups is 2. The van der Waals surface area contributed by atoms with E-state index < -0.39 is 44.8 Å². The molecule has 1 aromatic rings. The Labute approximate surface area is 195 Å². The van der Waals surface area contributed by atoms with Crippen molar-refractivity contribution >= 4 is 40.2 Å². The van der Waals surface area contributed by atoms with Gasteiger partial charge in [-0.05, 0) is 48.4 Å². The van der Waals surface area contributed by atoms with Crippen molar-refractivity contribution in [3.63, 3.8) is 0 Å². The van der Waals surface area contributed by atoms with Crippen molar-refractivity contribution in [1.29, 1.82) is 0 Å². The lowest BCUT2D eigenvalue weighted by Crippen LogP contribution is -2.49. The maximum Gasteiger partial charge on any atom is 0.351 e. The SMILES string of the molecule is COc1cc([C@H](OC(=O)[C@@]23CCC(C)(C(=O)O2)C3(C)C)C(C)(C)C)c([N+](=O)[O-])cc1I. The van der Waals surface area contributed by atoms with E-state index in [1.165, 1.54) is 13.2 Å². The molecular formula is C22H28INO7. The van der Waals surface area contributed by atoms with Gasteiger partial charge < -0.3 is 14.2 Å². The Kier molecular flexibility index (Phi) is 5.60. The molecule has 170 valence electrons. The van der Waals surface area contributed by atoms with Crippen LogP contribution in [0.25, 0.3) is 0 Å². The van der Waals surface area contributed by atoms with Crippen LogP contribution in [0.4, 0.5) is 5.69 Å². The van der Waals surface area contributed by atoms with Gasteiger partial charge >= 0.3 is 11.9 Å². The van der Waals surface area contributed by atoms with E-state index in [-0.39, 0.29) is 11.3 Å². The van der Waals surface area contributed by atoms with Crippen molar-refractivity contribution in [3.8, 4) is 5.75 Å². The summed E-state index contributed by atoms with van der Waals surface area (Å²) in [6.45, 7) is 11.0. The molecule has 1 saturated heterocycles. The molecular weight excluding hydrogens is 517 g/mol. The van der Waals surface area contributed by atoms with E-state index in [1.807, 2.05) is 64.1 Å². The van der Waals surface area contributed by atoms with Crippen LogP contribution >= 0.6 is 22.6 Å². The van der Waals surface area contributed by atoms with E-state index in [0.29, 0.717) is 22.2 Å². The Bertz CT molecular complexity index is 967. The van der Waals surface area contributed by atoms with E-state index >= 15 is 0 Å². The van der Waals surface area contributed by atoms with Crippen molar-refractivity contribution in [2.75, 3.05) is 7.11 Å². The Morgan fingerprint density at radius 2 is 1.87 bits per heavy atom. The van der Waals surface area contributed by atoms with Crippen molar-refractivity contribution in [1.82, 2.24) is 0 Å². The molecule has 3 rings (SSSR count). The van der Waals surface area contributed by atoms with Crippen molar-refractivity contribution in [2.24, 2.45) is 16.2 Å². The highest BCUT2D eigenvalue weighted by Gasteiger charge is 2.76. The number of nitro benzene ring substituents is 1. The molecule has 9 heteroatoms. The average molecular weight is 545 g/mol. The average Bonchev–Trinajstić information content (AvgIpc) is 2.95. The Morgan fingerprint density at radius 3 is 2.29 bits per heavy atom. The number of halogens is 1. The van der Waals surface area contributed by atoms with Gasteiger partial charge in [0.2, 0.25) is 5.60 Å². The molecule has 0 aromatic heterocycles. The molecule has 1 aromatic carbocycles. The first-order valence-corrected chi connectivity index (χ1v) is 11.2. The third-order valence-corrected chi connectivity index (χ3v) is 8.05. The molecule has 1 unspecified atom stereocenters. The monoisotopic (exact) mass is 545 g/mol. The summed E-state index contributed by atoms with van der Waals surface area (Å²) in [5.41, 5.74) is -3.56. The summed E-state index contributed by atoms with van der Waals surface area (Å²) in [5, 5.41) is 11.8. The largest absolute Gasteiger partial charge is 0.496 e.